The highest BCUT2D eigenvalue weighted by atomic mass is 16.4. The highest BCUT2D eigenvalue weighted by molar-refractivity contribution is 5.74. The average molecular weight is 271 g/mol. The SMILES string of the molecule is c1ccc2oc(NC3CCN(C4CCCC4)C3)nc2c1. The second-order valence-corrected chi connectivity index (χ2v) is 6.05. The molecule has 0 bridgehead atoms. The van der Waals surface area contributed by atoms with Crippen molar-refractivity contribution in [2.45, 2.75) is 44.2 Å². The fourth-order valence-corrected chi connectivity index (χ4v) is 3.61. The van der Waals surface area contributed by atoms with Gasteiger partial charge in [0.05, 0.1) is 0 Å². The molecule has 2 aliphatic rings. The van der Waals surface area contributed by atoms with Gasteiger partial charge in [-0.3, -0.25) is 4.90 Å². The minimum atomic E-state index is 0.476. The topological polar surface area (TPSA) is 41.3 Å². The number of aromatic nitrogens is 1. The Balaban J connectivity index is 1.42. The standard InChI is InChI=1S/C16H21N3O/c1-2-6-13(5-1)19-10-9-12(11-19)17-16-18-14-7-3-4-8-15(14)20-16/h3-4,7-8,12-13H,1-2,5-6,9-11H2,(H,17,18). The summed E-state index contributed by atoms with van der Waals surface area (Å²) in [5.41, 5.74) is 1.79. The molecule has 4 heteroatoms. The van der Waals surface area contributed by atoms with E-state index >= 15 is 0 Å². The van der Waals surface area contributed by atoms with Crippen LogP contribution in [-0.2, 0) is 0 Å². The molecule has 4 rings (SSSR count). The summed E-state index contributed by atoms with van der Waals surface area (Å²) in [4.78, 5) is 7.15. The number of fused-ring (bicyclic) bond motifs is 1. The predicted molar refractivity (Wildman–Crippen MR) is 79.9 cm³/mol. The average Bonchev–Trinajstić information content (AvgIpc) is 3.18. The molecule has 2 fully saturated rings. The number of oxazole rings is 1. The molecule has 20 heavy (non-hydrogen) atoms. The number of nitrogens with zero attached hydrogens (tertiary/aromatic N) is 2. The van der Waals surface area contributed by atoms with Crippen LogP contribution >= 0.6 is 0 Å². The lowest BCUT2D eigenvalue weighted by molar-refractivity contribution is 0.244. The first-order valence-corrected chi connectivity index (χ1v) is 7.75. The summed E-state index contributed by atoms with van der Waals surface area (Å²) in [5.74, 6) is 0. The molecule has 0 amide bonds. The molecule has 1 atom stereocenters. The van der Waals surface area contributed by atoms with Crippen molar-refractivity contribution in [3.05, 3.63) is 24.3 Å². The van der Waals surface area contributed by atoms with Gasteiger partial charge in [-0.25, -0.2) is 0 Å². The van der Waals surface area contributed by atoms with E-state index in [1.807, 2.05) is 24.3 Å². The Morgan fingerprint density at radius 1 is 1.15 bits per heavy atom. The zero-order valence-corrected chi connectivity index (χ0v) is 11.7. The Morgan fingerprint density at radius 3 is 2.85 bits per heavy atom. The third-order valence-corrected chi connectivity index (χ3v) is 4.68. The molecule has 1 aliphatic carbocycles. The van der Waals surface area contributed by atoms with Crippen LogP contribution < -0.4 is 5.32 Å². The summed E-state index contributed by atoms with van der Waals surface area (Å²) >= 11 is 0. The van der Waals surface area contributed by atoms with Crippen molar-refractivity contribution in [2.75, 3.05) is 18.4 Å². The third kappa shape index (κ3) is 2.29. The van der Waals surface area contributed by atoms with E-state index in [0.717, 1.165) is 23.7 Å². The summed E-state index contributed by atoms with van der Waals surface area (Å²) < 4.78 is 5.75. The van der Waals surface area contributed by atoms with Crippen molar-refractivity contribution < 1.29 is 4.42 Å². The summed E-state index contributed by atoms with van der Waals surface area (Å²) in [5, 5.41) is 3.46. The minimum absolute atomic E-state index is 0.476. The molecule has 1 N–H and O–H groups in total. The molecule has 2 aromatic rings. The van der Waals surface area contributed by atoms with Crippen LogP contribution in [0, 0.1) is 0 Å². The van der Waals surface area contributed by atoms with Gasteiger partial charge >= 0.3 is 0 Å². The monoisotopic (exact) mass is 271 g/mol. The van der Waals surface area contributed by atoms with Gasteiger partial charge in [0, 0.05) is 25.2 Å². The van der Waals surface area contributed by atoms with Crippen molar-refractivity contribution >= 4 is 17.1 Å². The van der Waals surface area contributed by atoms with Gasteiger partial charge in [0.2, 0.25) is 0 Å². The Hall–Kier alpha value is -1.55. The lowest BCUT2D eigenvalue weighted by Crippen LogP contribution is -2.33. The van der Waals surface area contributed by atoms with Gasteiger partial charge in [-0.05, 0) is 31.4 Å². The number of nitrogens with one attached hydrogen (secondary N) is 1. The zero-order chi connectivity index (χ0) is 13.4. The maximum atomic E-state index is 5.75. The molecule has 1 saturated heterocycles. The largest absolute Gasteiger partial charge is 0.424 e. The Bertz CT molecular complexity index is 555. The van der Waals surface area contributed by atoms with Gasteiger partial charge in [-0.2, -0.15) is 4.98 Å². The lowest BCUT2D eigenvalue weighted by Gasteiger charge is -2.23. The number of benzene rings is 1. The first kappa shape index (κ1) is 12.2. The number of rotatable bonds is 3. The van der Waals surface area contributed by atoms with Crippen LogP contribution in [0.2, 0.25) is 0 Å². The van der Waals surface area contributed by atoms with Crippen molar-refractivity contribution in [3.8, 4) is 0 Å². The molecule has 1 saturated carbocycles. The van der Waals surface area contributed by atoms with Gasteiger partial charge < -0.3 is 9.73 Å². The Morgan fingerprint density at radius 2 is 2.00 bits per heavy atom. The van der Waals surface area contributed by atoms with E-state index in [2.05, 4.69) is 15.2 Å². The summed E-state index contributed by atoms with van der Waals surface area (Å²) in [6.45, 7) is 2.34. The molecule has 0 radical (unpaired) electrons. The van der Waals surface area contributed by atoms with Crippen LogP contribution in [-0.4, -0.2) is 35.1 Å². The molecule has 106 valence electrons. The van der Waals surface area contributed by atoms with Gasteiger partial charge in [0.25, 0.3) is 6.01 Å². The highest BCUT2D eigenvalue weighted by Gasteiger charge is 2.30. The first-order valence-electron chi connectivity index (χ1n) is 7.75. The number of para-hydroxylation sites is 2. The van der Waals surface area contributed by atoms with Crippen molar-refractivity contribution in [1.29, 1.82) is 0 Å². The molecule has 1 unspecified atom stereocenters. The van der Waals surface area contributed by atoms with E-state index in [1.165, 1.54) is 38.6 Å². The number of anilines is 1. The van der Waals surface area contributed by atoms with Crippen LogP contribution in [0.1, 0.15) is 32.1 Å². The van der Waals surface area contributed by atoms with E-state index in [4.69, 9.17) is 4.42 Å². The van der Waals surface area contributed by atoms with Gasteiger partial charge in [0.15, 0.2) is 5.58 Å². The minimum Gasteiger partial charge on any atom is -0.424 e. The number of likely N-dealkylation sites (tertiary alicyclic amines) is 1. The molecular formula is C16H21N3O. The van der Waals surface area contributed by atoms with Gasteiger partial charge in [-0.15, -0.1) is 0 Å². The molecule has 1 aromatic carbocycles. The highest BCUT2D eigenvalue weighted by Crippen LogP contribution is 2.28. The van der Waals surface area contributed by atoms with Gasteiger partial charge in [0.1, 0.15) is 5.52 Å². The fourth-order valence-electron chi connectivity index (χ4n) is 3.61. The van der Waals surface area contributed by atoms with Crippen LogP contribution in [0.5, 0.6) is 0 Å². The van der Waals surface area contributed by atoms with Gasteiger partial charge in [-0.1, -0.05) is 25.0 Å². The molecule has 4 nitrogen and oxygen atoms in total. The quantitative estimate of drug-likeness (QED) is 0.930. The second-order valence-electron chi connectivity index (χ2n) is 6.05. The molecule has 0 spiro atoms. The number of hydrogen-bond donors (Lipinski definition) is 1. The second kappa shape index (κ2) is 5.09. The fraction of sp³-hybridized carbons (Fsp3) is 0.562. The smallest absolute Gasteiger partial charge is 0.295 e. The van der Waals surface area contributed by atoms with Crippen LogP contribution in [0.4, 0.5) is 6.01 Å². The van der Waals surface area contributed by atoms with E-state index in [-0.39, 0.29) is 0 Å². The Labute approximate surface area is 119 Å². The lowest BCUT2D eigenvalue weighted by atomic mass is 10.2. The van der Waals surface area contributed by atoms with E-state index in [1.54, 1.807) is 0 Å². The molecule has 1 aliphatic heterocycles. The molecular weight excluding hydrogens is 250 g/mol. The van der Waals surface area contributed by atoms with Crippen LogP contribution in [0.15, 0.2) is 28.7 Å². The zero-order valence-electron chi connectivity index (χ0n) is 11.7. The normalized spacial score (nSPS) is 24.7. The third-order valence-electron chi connectivity index (χ3n) is 4.68. The van der Waals surface area contributed by atoms with E-state index in [9.17, 15) is 0 Å². The maximum Gasteiger partial charge on any atom is 0.295 e. The van der Waals surface area contributed by atoms with E-state index < -0.39 is 0 Å². The predicted octanol–water partition coefficient (Wildman–Crippen LogP) is 3.26. The van der Waals surface area contributed by atoms with Crippen molar-refractivity contribution in [1.82, 2.24) is 9.88 Å². The van der Waals surface area contributed by atoms with Crippen LogP contribution in [0.25, 0.3) is 11.1 Å². The maximum absolute atomic E-state index is 5.75. The van der Waals surface area contributed by atoms with Crippen molar-refractivity contribution in [2.24, 2.45) is 0 Å². The van der Waals surface area contributed by atoms with Crippen molar-refractivity contribution in [3.63, 3.8) is 0 Å². The summed E-state index contributed by atoms with van der Waals surface area (Å²) in [7, 11) is 0. The molecule has 2 heterocycles. The Kier molecular flexibility index (Phi) is 3.11. The first-order chi connectivity index (χ1) is 9.88. The van der Waals surface area contributed by atoms with E-state index in [0.29, 0.717) is 12.1 Å². The summed E-state index contributed by atoms with van der Waals surface area (Å²) in [6, 6.07) is 9.90. The number of hydrogen-bond acceptors (Lipinski definition) is 4. The molecule has 1 aromatic heterocycles. The van der Waals surface area contributed by atoms with Crippen LogP contribution in [0.3, 0.4) is 0 Å². The summed E-state index contributed by atoms with van der Waals surface area (Å²) in [6.07, 6.45) is 6.77.